The number of nitriles is 3. The Morgan fingerprint density at radius 3 is 1.55 bits per heavy atom. The van der Waals surface area contributed by atoms with Crippen molar-refractivity contribution in [1.29, 1.82) is 15.8 Å². The molecule has 9 aromatic carbocycles. The summed E-state index contributed by atoms with van der Waals surface area (Å²) in [6.07, 6.45) is 1.57. The molecule has 13 rings (SSSR count). The third kappa shape index (κ3) is 5.01. The lowest BCUT2D eigenvalue weighted by Gasteiger charge is -2.27. The number of aromatic nitrogens is 3. The fourth-order valence-corrected chi connectivity index (χ4v) is 11.0. The molecule has 0 radical (unpaired) electrons. The number of aryl methyl sites for hydroxylation is 1. The van der Waals surface area contributed by atoms with Gasteiger partial charge < -0.3 is 13.7 Å². The lowest BCUT2D eigenvalue weighted by molar-refractivity contribution is 0.863. The Hall–Kier alpha value is -9.15. The van der Waals surface area contributed by atoms with Crippen LogP contribution in [0.5, 0.6) is 0 Å². The second-order valence-corrected chi connectivity index (χ2v) is 16.8. The first-order valence-corrected chi connectivity index (χ1v) is 21.8. The van der Waals surface area contributed by atoms with Gasteiger partial charge in [-0.25, -0.2) is 0 Å². The SMILES string of the molecule is N#Cc1ccc(-c2c(-n3c4c(c5ccccc53)-c3ccccc3CC4)c(C#N)c(-n3c4ccccc4c4ccccc43)c(C#N)c2-n2c3ccccc3c3c4ccccc4ccc32)cc1. The second-order valence-electron chi connectivity index (χ2n) is 16.8. The zero-order valence-electron chi connectivity index (χ0n) is 34.9. The van der Waals surface area contributed by atoms with Crippen LogP contribution in [0.1, 0.15) is 27.9 Å². The highest BCUT2D eigenvalue weighted by molar-refractivity contribution is 6.22. The van der Waals surface area contributed by atoms with Crippen molar-refractivity contribution in [3.05, 3.63) is 210 Å². The topological polar surface area (TPSA) is 86.2 Å². The quantitative estimate of drug-likeness (QED) is 0.177. The molecule has 0 fully saturated rings. The summed E-state index contributed by atoms with van der Waals surface area (Å²) in [5.41, 5.74) is 14.0. The molecule has 0 amide bonds. The van der Waals surface area contributed by atoms with Crippen LogP contribution in [0.2, 0.25) is 0 Å². The van der Waals surface area contributed by atoms with Crippen LogP contribution >= 0.6 is 0 Å². The summed E-state index contributed by atoms with van der Waals surface area (Å²) in [6, 6.07) is 70.4. The monoisotopic (exact) mass is 826 g/mol. The summed E-state index contributed by atoms with van der Waals surface area (Å²) in [4.78, 5) is 0. The summed E-state index contributed by atoms with van der Waals surface area (Å²) in [5.74, 6) is 0. The van der Waals surface area contributed by atoms with Crippen LogP contribution in [-0.2, 0) is 12.8 Å². The molecule has 0 N–H and O–H groups in total. The Morgan fingerprint density at radius 1 is 0.369 bits per heavy atom. The van der Waals surface area contributed by atoms with Crippen molar-refractivity contribution in [3.63, 3.8) is 0 Å². The first-order valence-electron chi connectivity index (χ1n) is 21.8. The van der Waals surface area contributed by atoms with E-state index in [1.165, 1.54) is 11.1 Å². The van der Waals surface area contributed by atoms with Gasteiger partial charge in [0.25, 0.3) is 0 Å². The maximum atomic E-state index is 12.1. The molecule has 1 aliphatic rings. The zero-order valence-corrected chi connectivity index (χ0v) is 34.9. The fourth-order valence-electron chi connectivity index (χ4n) is 11.0. The predicted molar refractivity (Wildman–Crippen MR) is 262 cm³/mol. The van der Waals surface area contributed by atoms with Crippen LogP contribution in [0.4, 0.5) is 0 Å². The molecule has 300 valence electrons. The Labute approximate surface area is 373 Å². The van der Waals surface area contributed by atoms with Crippen LogP contribution in [0.3, 0.4) is 0 Å². The van der Waals surface area contributed by atoms with E-state index in [-0.39, 0.29) is 0 Å². The normalized spacial score (nSPS) is 12.1. The van der Waals surface area contributed by atoms with Crippen molar-refractivity contribution in [2.75, 3.05) is 0 Å². The van der Waals surface area contributed by atoms with Gasteiger partial charge in [-0.3, -0.25) is 0 Å². The van der Waals surface area contributed by atoms with E-state index in [0.717, 1.165) is 101 Å². The van der Waals surface area contributed by atoms with E-state index in [1.807, 2.05) is 48.5 Å². The number of hydrogen-bond acceptors (Lipinski definition) is 3. The molecular formula is C59H34N6. The van der Waals surface area contributed by atoms with Gasteiger partial charge in [0.2, 0.25) is 0 Å². The van der Waals surface area contributed by atoms with Gasteiger partial charge in [0.1, 0.15) is 23.3 Å². The van der Waals surface area contributed by atoms with Gasteiger partial charge in [0.05, 0.1) is 56.3 Å². The highest BCUT2D eigenvalue weighted by atomic mass is 15.1. The molecule has 6 nitrogen and oxygen atoms in total. The Morgan fingerprint density at radius 2 is 0.892 bits per heavy atom. The van der Waals surface area contributed by atoms with E-state index >= 15 is 0 Å². The molecule has 0 unspecified atom stereocenters. The van der Waals surface area contributed by atoms with Crippen LogP contribution < -0.4 is 0 Å². The van der Waals surface area contributed by atoms with E-state index in [0.29, 0.717) is 33.8 Å². The van der Waals surface area contributed by atoms with E-state index in [9.17, 15) is 15.8 Å². The Bertz CT molecular complexity index is 4100. The van der Waals surface area contributed by atoms with Crippen molar-refractivity contribution in [2.45, 2.75) is 12.8 Å². The van der Waals surface area contributed by atoms with Crippen molar-refractivity contribution in [3.8, 4) is 57.5 Å². The highest BCUT2D eigenvalue weighted by Crippen LogP contribution is 2.51. The predicted octanol–water partition coefficient (Wildman–Crippen LogP) is 14.0. The maximum absolute atomic E-state index is 12.1. The minimum absolute atomic E-state index is 0.364. The number of hydrogen-bond donors (Lipinski definition) is 0. The van der Waals surface area contributed by atoms with Crippen LogP contribution in [0.25, 0.3) is 105 Å². The third-order valence-corrected chi connectivity index (χ3v) is 13.7. The first kappa shape index (κ1) is 36.5. The summed E-state index contributed by atoms with van der Waals surface area (Å²) in [5, 5.41) is 41.8. The van der Waals surface area contributed by atoms with Gasteiger partial charge in [-0.05, 0) is 82.8 Å². The molecule has 3 heterocycles. The molecule has 0 bridgehead atoms. The lowest BCUT2D eigenvalue weighted by Crippen LogP contribution is -2.16. The molecule has 0 saturated heterocycles. The molecule has 0 atom stereocenters. The van der Waals surface area contributed by atoms with Gasteiger partial charge in [-0.1, -0.05) is 140 Å². The molecular weight excluding hydrogens is 793 g/mol. The number of nitrogens with zero attached hydrogens (tertiary/aromatic N) is 6. The van der Waals surface area contributed by atoms with Crippen molar-refractivity contribution < 1.29 is 0 Å². The Kier molecular flexibility index (Phi) is 7.82. The largest absolute Gasteiger partial charge is 0.311 e. The number of fused-ring (bicyclic) bond motifs is 13. The molecule has 1 aliphatic carbocycles. The average Bonchev–Trinajstić information content (AvgIpc) is 4.01. The summed E-state index contributed by atoms with van der Waals surface area (Å²) in [6.45, 7) is 0. The van der Waals surface area contributed by atoms with E-state index in [1.54, 1.807) is 0 Å². The summed E-state index contributed by atoms with van der Waals surface area (Å²) < 4.78 is 6.74. The molecule has 0 saturated carbocycles. The second kappa shape index (κ2) is 13.9. The Balaban J connectivity index is 1.34. The van der Waals surface area contributed by atoms with Crippen molar-refractivity contribution >= 4 is 65.3 Å². The van der Waals surface area contributed by atoms with E-state index < -0.39 is 0 Å². The number of para-hydroxylation sites is 4. The molecule has 0 aliphatic heterocycles. The molecule has 3 aromatic heterocycles. The average molecular weight is 827 g/mol. The standard InChI is InChI=1S/C59H34N6/c60-33-36-25-27-39(28-26-36)54-58(64-50-23-11-7-19-44(50)55-40-15-3-1-13-37(40)29-31-52(55)64)46(34-61)57(63-48-21-9-5-17-42(48)43-18-6-10-22-49(43)63)47(35-62)59(54)65-51-24-12-8-20-45(51)56-41-16-4-2-14-38(41)30-32-53(56)65/h1-29,31H,30,32H2. The van der Waals surface area contributed by atoms with Gasteiger partial charge in [-0.15, -0.1) is 0 Å². The molecule has 0 spiro atoms. The van der Waals surface area contributed by atoms with Crippen LogP contribution in [0, 0.1) is 34.0 Å². The van der Waals surface area contributed by atoms with E-state index in [4.69, 9.17) is 0 Å². The molecule has 6 heteroatoms. The number of rotatable bonds is 4. The smallest absolute Gasteiger partial charge is 0.104 e. The minimum Gasteiger partial charge on any atom is -0.311 e. The van der Waals surface area contributed by atoms with Gasteiger partial charge in [0.15, 0.2) is 0 Å². The minimum atomic E-state index is 0.364. The molecule has 12 aromatic rings. The summed E-state index contributed by atoms with van der Waals surface area (Å²) >= 11 is 0. The first-order chi connectivity index (χ1) is 32.2. The van der Waals surface area contributed by atoms with Gasteiger partial charge in [-0.2, -0.15) is 15.8 Å². The third-order valence-electron chi connectivity index (χ3n) is 13.7. The zero-order chi connectivity index (χ0) is 43.3. The van der Waals surface area contributed by atoms with Crippen LogP contribution in [0.15, 0.2) is 182 Å². The highest BCUT2D eigenvalue weighted by Gasteiger charge is 2.35. The maximum Gasteiger partial charge on any atom is 0.104 e. The van der Waals surface area contributed by atoms with Gasteiger partial charge >= 0.3 is 0 Å². The van der Waals surface area contributed by atoms with Crippen LogP contribution in [-0.4, -0.2) is 13.7 Å². The number of benzene rings is 9. The van der Waals surface area contributed by atoms with E-state index in [2.05, 4.69) is 165 Å². The van der Waals surface area contributed by atoms with Crippen molar-refractivity contribution in [1.82, 2.24) is 13.7 Å². The fraction of sp³-hybridized carbons (Fsp3) is 0.0339. The summed E-state index contributed by atoms with van der Waals surface area (Å²) in [7, 11) is 0. The molecule has 65 heavy (non-hydrogen) atoms. The lowest BCUT2D eigenvalue weighted by atomic mass is 9.87. The van der Waals surface area contributed by atoms with Crippen molar-refractivity contribution in [2.24, 2.45) is 0 Å². The van der Waals surface area contributed by atoms with Gasteiger partial charge in [0, 0.05) is 43.8 Å².